The molecule has 7 nitrogen and oxygen atoms in total. The van der Waals surface area contributed by atoms with Crippen molar-refractivity contribution < 1.29 is 19.1 Å². The highest BCUT2D eigenvalue weighted by Crippen LogP contribution is 2.20. The molecule has 1 atom stereocenters. The SMILES string of the molecule is CCOCCOc1ccc(C(=O)N2CCCC(C(=O)NN)C2)cc1. The van der Waals surface area contributed by atoms with Crippen molar-refractivity contribution in [3.8, 4) is 5.75 Å². The summed E-state index contributed by atoms with van der Waals surface area (Å²) in [4.78, 5) is 25.9. The minimum atomic E-state index is -0.242. The van der Waals surface area contributed by atoms with Crippen LogP contribution >= 0.6 is 0 Å². The minimum absolute atomic E-state index is 0.0783. The Kier molecular flexibility index (Phi) is 7.02. The van der Waals surface area contributed by atoms with Crippen LogP contribution in [0.2, 0.25) is 0 Å². The van der Waals surface area contributed by atoms with Gasteiger partial charge in [-0.3, -0.25) is 15.0 Å². The monoisotopic (exact) mass is 335 g/mol. The number of benzene rings is 1. The Morgan fingerprint density at radius 3 is 2.71 bits per heavy atom. The summed E-state index contributed by atoms with van der Waals surface area (Å²) >= 11 is 0. The van der Waals surface area contributed by atoms with E-state index in [9.17, 15) is 9.59 Å². The van der Waals surface area contributed by atoms with Crippen LogP contribution in [0.15, 0.2) is 24.3 Å². The number of hydrogen-bond acceptors (Lipinski definition) is 5. The van der Waals surface area contributed by atoms with Crippen LogP contribution < -0.4 is 16.0 Å². The molecule has 1 aromatic carbocycles. The lowest BCUT2D eigenvalue weighted by Gasteiger charge is -2.31. The third-order valence-electron chi connectivity index (χ3n) is 4.02. The minimum Gasteiger partial charge on any atom is -0.491 e. The van der Waals surface area contributed by atoms with Gasteiger partial charge in [-0.2, -0.15) is 0 Å². The zero-order valence-electron chi connectivity index (χ0n) is 14.0. The summed E-state index contributed by atoms with van der Waals surface area (Å²) < 4.78 is 10.7. The molecule has 1 unspecified atom stereocenters. The van der Waals surface area contributed by atoms with Gasteiger partial charge in [-0.15, -0.1) is 0 Å². The predicted molar refractivity (Wildman–Crippen MR) is 89.4 cm³/mol. The molecular weight excluding hydrogens is 310 g/mol. The molecule has 0 bridgehead atoms. The molecule has 1 fully saturated rings. The van der Waals surface area contributed by atoms with Crippen molar-refractivity contribution in [2.24, 2.45) is 11.8 Å². The van der Waals surface area contributed by atoms with Gasteiger partial charge in [0.05, 0.1) is 12.5 Å². The van der Waals surface area contributed by atoms with Crippen LogP contribution in [0.25, 0.3) is 0 Å². The normalized spacial score (nSPS) is 17.4. The quantitative estimate of drug-likeness (QED) is 0.335. The number of piperidine rings is 1. The molecule has 0 spiro atoms. The summed E-state index contributed by atoms with van der Waals surface area (Å²) in [6, 6.07) is 7.02. The summed E-state index contributed by atoms with van der Waals surface area (Å²) in [6.07, 6.45) is 1.54. The van der Waals surface area contributed by atoms with E-state index < -0.39 is 0 Å². The van der Waals surface area contributed by atoms with Crippen LogP contribution in [-0.4, -0.2) is 49.6 Å². The first kappa shape index (κ1) is 18.2. The largest absolute Gasteiger partial charge is 0.491 e. The first-order valence-corrected chi connectivity index (χ1v) is 8.26. The van der Waals surface area contributed by atoms with Crippen LogP contribution in [0.4, 0.5) is 0 Å². The fourth-order valence-corrected chi connectivity index (χ4v) is 2.73. The van der Waals surface area contributed by atoms with Gasteiger partial charge >= 0.3 is 0 Å². The topological polar surface area (TPSA) is 93.9 Å². The number of likely N-dealkylation sites (tertiary alicyclic amines) is 1. The molecule has 7 heteroatoms. The number of amides is 2. The van der Waals surface area contributed by atoms with E-state index in [1.165, 1.54) is 0 Å². The van der Waals surface area contributed by atoms with E-state index in [0.717, 1.165) is 12.8 Å². The van der Waals surface area contributed by atoms with E-state index in [4.69, 9.17) is 15.3 Å². The molecule has 24 heavy (non-hydrogen) atoms. The molecule has 1 saturated heterocycles. The maximum absolute atomic E-state index is 12.6. The van der Waals surface area contributed by atoms with Crippen LogP contribution in [0.5, 0.6) is 5.75 Å². The highest BCUT2D eigenvalue weighted by atomic mass is 16.5. The number of carbonyl (C=O) groups is 2. The highest BCUT2D eigenvalue weighted by Gasteiger charge is 2.28. The number of ether oxygens (including phenoxy) is 2. The third kappa shape index (κ3) is 4.94. The Morgan fingerprint density at radius 1 is 1.29 bits per heavy atom. The van der Waals surface area contributed by atoms with Crippen molar-refractivity contribution in [1.82, 2.24) is 10.3 Å². The Hall–Kier alpha value is -2.12. The molecule has 0 aliphatic carbocycles. The number of nitrogens with two attached hydrogens (primary N) is 1. The van der Waals surface area contributed by atoms with Gasteiger partial charge in [0.1, 0.15) is 12.4 Å². The lowest BCUT2D eigenvalue weighted by molar-refractivity contribution is -0.126. The lowest BCUT2D eigenvalue weighted by atomic mass is 9.97. The number of nitrogens with one attached hydrogen (secondary N) is 1. The Labute approximate surface area is 142 Å². The maximum Gasteiger partial charge on any atom is 0.253 e. The van der Waals surface area contributed by atoms with Crippen LogP contribution in [-0.2, 0) is 9.53 Å². The van der Waals surface area contributed by atoms with Crippen molar-refractivity contribution in [3.63, 3.8) is 0 Å². The van der Waals surface area contributed by atoms with Crippen LogP contribution in [0.1, 0.15) is 30.1 Å². The smallest absolute Gasteiger partial charge is 0.253 e. The molecule has 0 saturated carbocycles. The average Bonchev–Trinajstić information content (AvgIpc) is 2.64. The van der Waals surface area contributed by atoms with E-state index >= 15 is 0 Å². The van der Waals surface area contributed by atoms with Crippen molar-refractivity contribution in [2.45, 2.75) is 19.8 Å². The molecule has 1 aliphatic heterocycles. The highest BCUT2D eigenvalue weighted by molar-refractivity contribution is 5.94. The number of carbonyl (C=O) groups excluding carboxylic acids is 2. The molecule has 1 aliphatic rings. The second-order valence-electron chi connectivity index (χ2n) is 5.67. The predicted octanol–water partition coefficient (Wildman–Crippen LogP) is 0.944. The van der Waals surface area contributed by atoms with Gasteiger partial charge in [-0.05, 0) is 44.0 Å². The number of rotatable bonds is 7. The molecule has 2 amide bonds. The molecule has 3 N–H and O–H groups in total. The fourth-order valence-electron chi connectivity index (χ4n) is 2.73. The summed E-state index contributed by atoms with van der Waals surface area (Å²) in [5.41, 5.74) is 2.75. The van der Waals surface area contributed by atoms with E-state index in [-0.39, 0.29) is 17.7 Å². The first-order valence-electron chi connectivity index (χ1n) is 8.26. The maximum atomic E-state index is 12.6. The van der Waals surface area contributed by atoms with Gasteiger partial charge in [0.15, 0.2) is 0 Å². The Bertz CT molecular complexity index is 547. The summed E-state index contributed by atoms with van der Waals surface area (Å²) in [7, 11) is 0. The summed E-state index contributed by atoms with van der Waals surface area (Å²) in [6.45, 7) is 4.66. The van der Waals surface area contributed by atoms with Crippen LogP contribution in [0.3, 0.4) is 0 Å². The van der Waals surface area contributed by atoms with Crippen molar-refractivity contribution in [2.75, 3.05) is 32.9 Å². The molecular formula is C17H25N3O4. The summed E-state index contributed by atoms with van der Waals surface area (Å²) in [5, 5.41) is 0. The van der Waals surface area contributed by atoms with Gasteiger partial charge in [0.25, 0.3) is 5.91 Å². The lowest BCUT2D eigenvalue weighted by Crippen LogP contribution is -2.46. The molecule has 1 heterocycles. The zero-order chi connectivity index (χ0) is 17.4. The number of nitrogens with zero attached hydrogens (tertiary/aromatic N) is 1. The molecule has 132 valence electrons. The van der Waals surface area contributed by atoms with E-state index in [1.807, 2.05) is 6.92 Å². The average molecular weight is 335 g/mol. The molecule has 0 aromatic heterocycles. The molecule has 2 rings (SSSR count). The zero-order valence-corrected chi connectivity index (χ0v) is 14.0. The van der Waals surface area contributed by atoms with Gasteiger partial charge < -0.3 is 14.4 Å². The molecule has 1 aromatic rings. The third-order valence-corrected chi connectivity index (χ3v) is 4.02. The number of hydrogen-bond donors (Lipinski definition) is 2. The fraction of sp³-hybridized carbons (Fsp3) is 0.529. The van der Waals surface area contributed by atoms with E-state index in [2.05, 4.69) is 5.43 Å². The van der Waals surface area contributed by atoms with Crippen molar-refractivity contribution in [1.29, 1.82) is 0 Å². The van der Waals surface area contributed by atoms with Gasteiger partial charge in [0.2, 0.25) is 5.91 Å². The van der Waals surface area contributed by atoms with E-state index in [0.29, 0.717) is 44.2 Å². The standard InChI is InChI=1S/C17H25N3O4/c1-2-23-10-11-24-15-7-5-13(6-8-15)17(22)20-9-3-4-14(12-20)16(21)19-18/h5-8,14H,2-4,9-12,18H2,1H3,(H,19,21). The Balaban J connectivity index is 1.90. The van der Waals surface area contributed by atoms with E-state index in [1.54, 1.807) is 29.2 Å². The van der Waals surface area contributed by atoms with Gasteiger partial charge in [-0.1, -0.05) is 0 Å². The number of hydrazine groups is 1. The molecule has 0 radical (unpaired) electrons. The van der Waals surface area contributed by atoms with Gasteiger partial charge in [-0.25, -0.2) is 5.84 Å². The first-order chi connectivity index (χ1) is 11.7. The Morgan fingerprint density at radius 2 is 2.04 bits per heavy atom. The van der Waals surface area contributed by atoms with Crippen molar-refractivity contribution >= 4 is 11.8 Å². The van der Waals surface area contributed by atoms with Crippen molar-refractivity contribution in [3.05, 3.63) is 29.8 Å². The second-order valence-corrected chi connectivity index (χ2v) is 5.67. The van der Waals surface area contributed by atoms with Gasteiger partial charge in [0, 0.05) is 25.3 Å². The summed E-state index contributed by atoms with van der Waals surface area (Å²) in [5.74, 6) is 5.35. The second kappa shape index (κ2) is 9.24. The van der Waals surface area contributed by atoms with Crippen LogP contribution in [0, 0.1) is 5.92 Å².